The summed E-state index contributed by atoms with van der Waals surface area (Å²) in [6.07, 6.45) is 6.27. The van der Waals surface area contributed by atoms with E-state index in [2.05, 4.69) is 16.0 Å². The molecule has 4 heteroatoms. The van der Waals surface area contributed by atoms with Crippen LogP contribution >= 0.6 is 11.6 Å². The molecule has 0 amide bonds. The predicted octanol–water partition coefficient (Wildman–Crippen LogP) is 3.38. The lowest BCUT2D eigenvalue weighted by molar-refractivity contribution is 0.554. The first kappa shape index (κ1) is 12.2. The molecule has 0 saturated carbocycles. The minimum absolute atomic E-state index is 0.404. The molecule has 1 aromatic rings. The molecule has 0 atom stereocenters. The summed E-state index contributed by atoms with van der Waals surface area (Å²) < 4.78 is 0. The van der Waals surface area contributed by atoms with Gasteiger partial charge in [0.1, 0.15) is 11.0 Å². The Bertz CT molecular complexity index is 417. The Labute approximate surface area is 107 Å². The SMILES string of the molecule is N#Cc1cc(Cl)nc(N2CCCCCCC2)c1. The summed E-state index contributed by atoms with van der Waals surface area (Å²) in [6.45, 7) is 2.02. The number of nitriles is 1. The average Bonchev–Trinajstić information content (AvgIpc) is 2.27. The Morgan fingerprint density at radius 3 is 2.41 bits per heavy atom. The maximum absolute atomic E-state index is 8.93. The van der Waals surface area contributed by atoms with Crippen molar-refractivity contribution in [1.82, 2.24) is 4.98 Å². The standard InChI is InChI=1S/C13H16ClN3/c14-12-8-11(10-15)9-13(16-12)17-6-4-2-1-3-5-7-17/h8-9H,1-7H2. The molecule has 0 spiro atoms. The van der Waals surface area contributed by atoms with Crippen molar-refractivity contribution >= 4 is 17.4 Å². The molecule has 1 aliphatic rings. The number of nitrogens with zero attached hydrogens (tertiary/aromatic N) is 3. The number of rotatable bonds is 1. The second-order valence-corrected chi connectivity index (χ2v) is 4.79. The van der Waals surface area contributed by atoms with Crippen LogP contribution in [-0.2, 0) is 0 Å². The first-order chi connectivity index (χ1) is 8.29. The Hall–Kier alpha value is -1.27. The van der Waals surface area contributed by atoms with E-state index in [4.69, 9.17) is 16.9 Å². The molecule has 0 bridgehead atoms. The van der Waals surface area contributed by atoms with Gasteiger partial charge >= 0.3 is 0 Å². The van der Waals surface area contributed by atoms with Gasteiger partial charge in [-0.25, -0.2) is 4.98 Å². The number of anilines is 1. The fourth-order valence-electron chi connectivity index (χ4n) is 2.19. The van der Waals surface area contributed by atoms with Gasteiger partial charge in [0.25, 0.3) is 0 Å². The summed E-state index contributed by atoms with van der Waals surface area (Å²) in [4.78, 5) is 6.56. The third-order valence-corrected chi connectivity index (χ3v) is 3.28. The molecule has 1 saturated heterocycles. The average molecular weight is 250 g/mol. The van der Waals surface area contributed by atoms with E-state index in [1.54, 1.807) is 6.07 Å². The molecule has 0 aliphatic carbocycles. The predicted molar refractivity (Wildman–Crippen MR) is 69.3 cm³/mol. The highest BCUT2D eigenvalue weighted by molar-refractivity contribution is 6.29. The molecule has 0 unspecified atom stereocenters. The number of hydrogen-bond acceptors (Lipinski definition) is 3. The van der Waals surface area contributed by atoms with Crippen LogP contribution in [0.15, 0.2) is 12.1 Å². The van der Waals surface area contributed by atoms with Crippen molar-refractivity contribution in [2.75, 3.05) is 18.0 Å². The van der Waals surface area contributed by atoms with Crippen LogP contribution in [0, 0.1) is 11.3 Å². The van der Waals surface area contributed by atoms with Gasteiger partial charge in [-0.15, -0.1) is 0 Å². The smallest absolute Gasteiger partial charge is 0.132 e. The van der Waals surface area contributed by atoms with Crippen LogP contribution in [0.3, 0.4) is 0 Å². The van der Waals surface area contributed by atoms with Crippen LogP contribution in [-0.4, -0.2) is 18.1 Å². The van der Waals surface area contributed by atoms with E-state index < -0.39 is 0 Å². The number of halogens is 1. The quantitative estimate of drug-likeness (QED) is 0.717. The molecule has 1 aromatic heterocycles. The van der Waals surface area contributed by atoms with E-state index in [9.17, 15) is 0 Å². The van der Waals surface area contributed by atoms with Crippen LogP contribution in [0.4, 0.5) is 5.82 Å². The van der Waals surface area contributed by atoms with E-state index >= 15 is 0 Å². The molecule has 2 heterocycles. The van der Waals surface area contributed by atoms with Crippen molar-refractivity contribution in [2.24, 2.45) is 0 Å². The summed E-state index contributed by atoms with van der Waals surface area (Å²) in [5.41, 5.74) is 0.585. The van der Waals surface area contributed by atoms with Gasteiger partial charge < -0.3 is 4.90 Å². The zero-order valence-electron chi connectivity index (χ0n) is 9.82. The van der Waals surface area contributed by atoms with Gasteiger partial charge in [0, 0.05) is 13.1 Å². The summed E-state index contributed by atoms with van der Waals surface area (Å²) in [6, 6.07) is 5.56. The second kappa shape index (κ2) is 5.88. The van der Waals surface area contributed by atoms with E-state index in [0.717, 1.165) is 18.9 Å². The highest BCUT2D eigenvalue weighted by atomic mass is 35.5. The van der Waals surface area contributed by atoms with Gasteiger partial charge in [0.15, 0.2) is 0 Å². The minimum atomic E-state index is 0.404. The highest BCUT2D eigenvalue weighted by Gasteiger charge is 2.11. The van der Waals surface area contributed by atoms with Crippen LogP contribution < -0.4 is 4.90 Å². The first-order valence-corrected chi connectivity index (χ1v) is 6.50. The van der Waals surface area contributed by atoms with Crippen molar-refractivity contribution in [1.29, 1.82) is 5.26 Å². The topological polar surface area (TPSA) is 39.9 Å². The van der Waals surface area contributed by atoms with E-state index in [1.165, 1.54) is 32.1 Å². The zero-order chi connectivity index (χ0) is 12.1. The van der Waals surface area contributed by atoms with Crippen LogP contribution in [0.1, 0.15) is 37.7 Å². The van der Waals surface area contributed by atoms with Crippen molar-refractivity contribution in [3.05, 3.63) is 22.8 Å². The number of aromatic nitrogens is 1. The summed E-state index contributed by atoms with van der Waals surface area (Å²) in [5, 5.41) is 9.33. The minimum Gasteiger partial charge on any atom is -0.357 e. The molecule has 1 aliphatic heterocycles. The van der Waals surface area contributed by atoms with Gasteiger partial charge in [-0.05, 0) is 25.0 Å². The zero-order valence-corrected chi connectivity index (χ0v) is 10.6. The van der Waals surface area contributed by atoms with Crippen molar-refractivity contribution < 1.29 is 0 Å². The van der Waals surface area contributed by atoms with Crippen molar-refractivity contribution in [3.63, 3.8) is 0 Å². The maximum atomic E-state index is 8.93. The van der Waals surface area contributed by atoms with E-state index in [0.29, 0.717) is 10.7 Å². The van der Waals surface area contributed by atoms with Gasteiger partial charge in [-0.1, -0.05) is 30.9 Å². The van der Waals surface area contributed by atoms with Crippen LogP contribution in [0.25, 0.3) is 0 Å². The molecule has 90 valence electrons. The van der Waals surface area contributed by atoms with E-state index in [-0.39, 0.29) is 0 Å². The normalized spacial score (nSPS) is 17.1. The lowest BCUT2D eigenvalue weighted by Crippen LogP contribution is -2.27. The van der Waals surface area contributed by atoms with Gasteiger partial charge in [0.2, 0.25) is 0 Å². The third-order valence-electron chi connectivity index (χ3n) is 3.09. The second-order valence-electron chi connectivity index (χ2n) is 4.40. The molecule has 2 rings (SSSR count). The van der Waals surface area contributed by atoms with Crippen LogP contribution in [0.2, 0.25) is 5.15 Å². The van der Waals surface area contributed by atoms with Gasteiger partial charge in [-0.2, -0.15) is 5.26 Å². The Kier molecular flexibility index (Phi) is 4.22. The molecule has 1 fully saturated rings. The number of hydrogen-bond donors (Lipinski definition) is 0. The molecular formula is C13H16ClN3. The monoisotopic (exact) mass is 249 g/mol. The third kappa shape index (κ3) is 3.34. The van der Waals surface area contributed by atoms with Gasteiger partial charge in [-0.3, -0.25) is 0 Å². The first-order valence-electron chi connectivity index (χ1n) is 6.12. The largest absolute Gasteiger partial charge is 0.357 e. The lowest BCUT2D eigenvalue weighted by Gasteiger charge is -2.25. The summed E-state index contributed by atoms with van der Waals surface area (Å²) >= 11 is 5.93. The van der Waals surface area contributed by atoms with Crippen molar-refractivity contribution in [2.45, 2.75) is 32.1 Å². The van der Waals surface area contributed by atoms with E-state index in [1.807, 2.05) is 6.07 Å². The fourth-order valence-corrected chi connectivity index (χ4v) is 2.39. The highest BCUT2D eigenvalue weighted by Crippen LogP contribution is 2.20. The molecule has 3 nitrogen and oxygen atoms in total. The number of pyridine rings is 1. The van der Waals surface area contributed by atoms with Crippen molar-refractivity contribution in [3.8, 4) is 6.07 Å². The molecule has 0 N–H and O–H groups in total. The Morgan fingerprint density at radius 1 is 1.12 bits per heavy atom. The summed E-state index contributed by atoms with van der Waals surface area (Å²) in [5.74, 6) is 0.843. The molecular weight excluding hydrogens is 234 g/mol. The molecule has 0 radical (unpaired) electrons. The lowest BCUT2D eigenvalue weighted by atomic mass is 10.1. The molecule has 0 aromatic carbocycles. The Morgan fingerprint density at radius 2 is 1.76 bits per heavy atom. The van der Waals surface area contributed by atoms with Gasteiger partial charge in [0.05, 0.1) is 11.6 Å². The Balaban J connectivity index is 2.19. The fraction of sp³-hybridized carbons (Fsp3) is 0.538. The van der Waals surface area contributed by atoms with Crippen LogP contribution in [0.5, 0.6) is 0 Å². The molecule has 17 heavy (non-hydrogen) atoms. The maximum Gasteiger partial charge on any atom is 0.132 e. The summed E-state index contributed by atoms with van der Waals surface area (Å²) in [7, 11) is 0.